The van der Waals surface area contributed by atoms with Gasteiger partial charge < -0.3 is 0 Å². The molecule has 38 heavy (non-hydrogen) atoms. The number of aromatic nitrogens is 4. The van der Waals surface area contributed by atoms with Gasteiger partial charge in [0.15, 0.2) is 5.69 Å². The number of benzene rings is 3. The first-order valence-corrected chi connectivity index (χ1v) is 13.6. The molecule has 190 valence electrons. The van der Waals surface area contributed by atoms with Gasteiger partial charge in [0.2, 0.25) is 0 Å². The molecule has 4 nitrogen and oxygen atoms in total. The van der Waals surface area contributed by atoms with Crippen LogP contribution in [0.2, 0.25) is 0 Å². The third-order valence-corrected chi connectivity index (χ3v) is 9.66. The second-order valence-corrected chi connectivity index (χ2v) is 12.2. The molecule has 0 bridgehead atoms. The van der Waals surface area contributed by atoms with Crippen LogP contribution < -0.4 is 4.57 Å². The Morgan fingerprint density at radius 3 is 1.84 bits per heavy atom. The van der Waals surface area contributed by atoms with E-state index in [9.17, 15) is 0 Å². The van der Waals surface area contributed by atoms with E-state index in [1.807, 2.05) is 0 Å². The van der Waals surface area contributed by atoms with Gasteiger partial charge in [-0.2, -0.15) is 9.38 Å². The molecule has 4 heteroatoms. The van der Waals surface area contributed by atoms with Crippen molar-refractivity contribution in [1.82, 2.24) is 13.8 Å². The Labute approximate surface area is 224 Å². The first-order chi connectivity index (χ1) is 18.1. The lowest BCUT2D eigenvalue weighted by Gasteiger charge is -2.42. The zero-order chi connectivity index (χ0) is 26.7. The zero-order valence-electron chi connectivity index (χ0n) is 23.6. The van der Waals surface area contributed by atoms with Crippen LogP contribution in [-0.4, -0.2) is 13.8 Å². The molecule has 7 rings (SSSR count). The van der Waals surface area contributed by atoms with Crippen molar-refractivity contribution in [3.05, 3.63) is 94.8 Å². The third kappa shape index (κ3) is 2.65. The van der Waals surface area contributed by atoms with Crippen LogP contribution in [0.4, 0.5) is 0 Å². The van der Waals surface area contributed by atoms with E-state index < -0.39 is 0 Å². The van der Waals surface area contributed by atoms with Gasteiger partial charge in [-0.1, -0.05) is 62.4 Å². The molecule has 0 amide bonds. The summed E-state index contributed by atoms with van der Waals surface area (Å²) in [6, 6.07) is 20.0. The Hall–Kier alpha value is -3.92. The summed E-state index contributed by atoms with van der Waals surface area (Å²) in [7, 11) is 0. The van der Waals surface area contributed by atoms with Gasteiger partial charge >= 0.3 is 5.78 Å². The van der Waals surface area contributed by atoms with Crippen LogP contribution in [0, 0.1) is 27.7 Å². The molecule has 0 spiro atoms. The lowest BCUT2D eigenvalue weighted by Crippen LogP contribution is -2.63. The van der Waals surface area contributed by atoms with E-state index in [1.54, 1.807) is 0 Å². The molecular formula is C34H35N4+. The highest BCUT2D eigenvalue weighted by atomic mass is 15.3. The average molecular weight is 500 g/mol. The summed E-state index contributed by atoms with van der Waals surface area (Å²) in [6.45, 7) is 18.4. The van der Waals surface area contributed by atoms with Crippen molar-refractivity contribution in [3.63, 3.8) is 0 Å². The van der Waals surface area contributed by atoms with Crippen LogP contribution in [-0.2, 0) is 11.0 Å². The summed E-state index contributed by atoms with van der Waals surface area (Å²) in [5.74, 6) is 0.953. The first kappa shape index (κ1) is 23.2. The summed E-state index contributed by atoms with van der Waals surface area (Å²) in [5, 5.41) is 1.31. The van der Waals surface area contributed by atoms with Crippen molar-refractivity contribution < 1.29 is 4.57 Å². The van der Waals surface area contributed by atoms with E-state index in [2.05, 4.69) is 136 Å². The summed E-state index contributed by atoms with van der Waals surface area (Å²) >= 11 is 0. The highest BCUT2D eigenvalue weighted by Crippen LogP contribution is 2.47. The molecule has 1 aliphatic rings. The van der Waals surface area contributed by atoms with Gasteiger partial charge in [-0.15, -0.1) is 0 Å². The van der Waals surface area contributed by atoms with Gasteiger partial charge in [-0.3, -0.25) is 4.40 Å². The number of fused-ring (bicyclic) bond motifs is 3. The predicted molar refractivity (Wildman–Crippen MR) is 156 cm³/mol. The maximum Gasteiger partial charge on any atom is 0.312 e. The Bertz CT molecular complexity index is 1920. The van der Waals surface area contributed by atoms with E-state index in [4.69, 9.17) is 4.98 Å². The molecule has 0 atom stereocenters. The largest absolute Gasteiger partial charge is 0.312 e. The van der Waals surface area contributed by atoms with Crippen molar-refractivity contribution in [2.75, 3.05) is 0 Å². The van der Waals surface area contributed by atoms with Gasteiger partial charge in [0.25, 0.3) is 5.65 Å². The van der Waals surface area contributed by atoms with E-state index in [0.29, 0.717) is 0 Å². The number of hydrogen-bond acceptors (Lipinski definition) is 1. The Balaban J connectivity index is 1.79. The molecular weight excluding hydrogens is 464 g/mol. The number of hydrogen-bond donors (Lipinski definition) is 0. The van der Waals surface area contributed by atoms with Gasteiger partial charge in [-0.05, 0) is 75.4 Å². The van der Waals surface area contributed by atoms with Crippen molar-refractivity contribution in [3.8, 4) is 22.5 Å². The quantitative estimate of drug-likeness (QED) is 0.225. The minimum absolute atomic E-state index is 0.0862. The van der Waals surface area contributed by atoms with Crippen LogP contribution in [0.5, 0.6) is 0 Å². The van der Waals surface area contributed by atoms with Crippen LogP contribution in [0.1, 0.15) is 55.5 Å². The average Bonchev–Trinajstić information content (AvgIpc) is 3.46. The Morgan fingerprint density at radius 2 is 1.24 bits per heavy atom. The monoisotopic (exact) mass is 499 g/mol. The minimum atomic E-state index is -0.144. The van der Waals surface area contributed by atoms with Crippen LogP contribution in [0.3, 0.4) is 0 Å². The van der Waals surface area contributed by atoms with Gasteiger partial charge in [-0.25, -0.2) is 4.57 Å². The maximum absolute atomic E-state index is 5.16. The molecule has 1 aliphatic heterocycles. The van der Waals surface area contributed by atoms with Gasteiger partial charge in [0.1, 0.15) is 11.7 Å². The van der Waals surface area contributed by atoms with E-state index >= 15 is 0 Å². The highest BCUT2D eigenvalue weighted by Gasteiger charge is 2.51. The second-order valence-electron chi connectivity index (χ2n) is 12.2. The second kappa shape index (κ2) is 7.35. The van der Waals surface area contributed by atoms with Gasteiger partial charge in [0.05, 0.1) is 22.8 Å². The first-order valence-electron chi connectivity index (χ1n) is 13.6. The number of aryl methyl sites for hydroxylation is 4. The topological polar surface area (TPSA) is 25.6 Å². The summed E-state index contributed by atoms with van der Waals surface area (Å²) < 4.78 is 7.35. The smallest absolute Gasteiger partial charge is 0.258 e. The fraction of sp³-hybridized carbons (Fsp3) is 0.294. The van der Waals surface area contributed by atoms with E-state index in [-0.39, 0.29) is 11.0 Å². The fourth-order valence-electron chi connectivity index (χ4n) is 6.96. The number of nitrogens with zero attached hydrogens (tertiary/aromatic N) is 4. The van der Waals surface area contributed by atoms with Gasteiger partial charge in [0, 0.05) is 16.5 Å². The molecule has 4 heterocycles. The lowest BCUT2D eigenvalue weighted by molar-refractivity contribution is -0.744. The van der Waals surface area contributed by atoms with Crippen LogP contribution in [0.15, 0.2) is 67.0 Å². The maximum atomic E-state index is 5.16. The fourth-order valence-corrected chi connectivity index (χ4v) is 6.96. The Kier molecular flexibility index (Phi) is 4.49. The van der Waals surface area contributed by atoms with Crippen LogP contribution >= 0.6 is 0 Å². The highest BCUT2D eigenvalue weighted by molar-refractivity contribution is 5.99. The number of rotatable bonds is 2. The number of imidazole rings is 2. The standard InChI is InChI=1S/C34H35N4/c1-20-12-9-13-21(2)28(20)26-18-35-32-37(26)25-17-11-16-24-30(25)31-36(34(7,8)33(24,5)6)19-27(38(31)32)29-22(3)14-10-15-23(29)4/h9-19H,1-8H3/q+1. The van der Waals surface area contributed by atoms with E-state index in [0.717, 1.165) is 11.5 Å². The van der Waals surface area contributed by atoms with Crippen molar-refractivity contribution in [2.45, 2.75) is 66.3 Å². The van der Waals surface area contributed by atoms with Crippen molar-refractivity contribution >= 4 is 22.3 Å². The SMILES string of the molecule is Cc1cccc(C)c1-c1cnc2n1c1cccc3c1c1n2c(-c2c(C)cccc2C)c[n+]1C(C)(C)C3(C)C. The molecule has 3 aromatic carbocycles. The molecule has 0 saturated heterocycles. The molecule has 0 unspecified atom stereocenters. The van der Waals surface area contributed by atoms with Crippen molar-refractivity contribution in [1.29, 1.82) is 0 Å². The van der Waals surface area contributed by atoms with Crippen molar-refractivity contribution in [2.24, 2.45) is 0 Å². The van der Waals surface area contributed by atoms with Crippen LogP contribution in [0.25, 0.3) is 44.8 Å². The molecule has 0 radical (unpaired) electrons. The molecule has 0 N–H and O–H groups in total. The summed E-state index contributed by atoms with van der Waals surface area (Å²) in [4.78, 5) is 5.16. The summed E-state index contributed by atoms with van der Waals surface area (Å²) in [6.07, 6.45) is 4.46. The normalized spacial score (nSPS) is 15.8. The Morgan fingerprint density at radius 1 is 0.684 bits per heavy atom. The predicted octanol–water partition coefficient (Wildman–Crippen LogP) is 7.62. The minimum Gasteiger partial charge on any atom is -0.258 e. The third-order valence-electron chi connectivity index (χ3n) is 9.66. The van der Waals surface area contributed by atoms with E-state index in [1.165, 1.54) is 61.2 Å². The molecule has 6 aromatic rings. The molecule has 0 aliphatic carbocycles. The molecule has 3 aromatic heterocycles. The zero-order valence-corrected chi connectivity index (χ0v) is 23.6. The molecule has 0 saturated carbocycles. The lowest BCUT2D eigenvalue weighted by atomic mass is 9.67. The molecule has 0 fully saturated rings. The summed E-state index contributed by atoms with van der Waals surface area (Å²) in [5.41, 5.74) is 13.6.